The van der Waals surface area contributed by atoms with Gasteiger partial charge in [-0.3, -0.25) is 0 Å². The molecular weight excluding hydrogens is 242 g/mol. The molecule has 0 atom stereocenters. The molecule has 1 fully saturated rings. The molecule has 2 aromatic rings. The monoisotopic (exact) mass is 265 g/mol. The summed E-state index contributed by atoms with van der Waals surface area (Å²) < 4.78 is 0. The third kappa shape index (κ3) is 3.22. The van der Waals surface area contributed by atoms with Crippen molar-refractivity contribution in [2.75, 3.05) is 5.73 Å². The number of benzene rings is 2. The van der Waals surface area contributed by atoms with Crippen molar-refractivity contribution in [1.29, 1.82) is 0 Å². The van der Waals surface area contributed by atoms with Crippen molar-refractivity contribution >= 4 is 5.69 Å². The zero-order chi connectivity index (χ0) is 13.8. The summed E-state index contributed by atoms with van der Waals surface area (Å²) in [6.45, 7) is 0. The third-order valence-electron chi connectivity index (χ3n) is 4.42. The molecule has 1 nitrogen and oxygen atoms in total. The topological polar surface area (TPSA) is 26.0 Å². The fourth-order valence-corrected chi connectivity index (χ4v) is 3.28. The molecule has 0 saturated heterocycles. The number of nitrogens with two attached hydrogens (primary N) is 1. The quantitative estimate of drug-likeness (QED) is 0.784. The summed E-state index contributed by atoms with van der Waals surface area (Å²) in [5, 5.41) is 0. The number of rotatable bonds is 3. The van der Waals surface area contributed by atoms with Gasteiger partial charge >= 0.3 is 0 Å². The molecule has 2 N–H and O–H groups in total. The van der Waals surface area contributed by atoms with E-state index in [1.807, 2.05) is 12.1 Å². The Balaban J connectivity index is 1.69. The maximum atomic E-state index is 5.83. The summed E-state index contributed by atoms with van der Waals surface area (Å²) in [4.78, 5) is 0. The van der Waals surface area contributed by atoms with E-state index in [1.54, 1.807) is 0 Å². The largest absolute Gasteiger partial charge is 0.399 e. The highest BCUT2D eigenvalue weighted by Gasteiger charge is 2.14. The molecule has 0 heterocycles. The van der Waals surface area contributed by atoms with Gasteiger partial charge in [-0.25, -0.2) is 0 Å². The zero-order valence-corrected chi connectivity index (χ0v) is 12.0. The highest BCUT2D eigenvalue weighted by molar-refractivity contribution is 5.42. The maximum Gasteiger partial charge on any atom is 0.0316 e. The Morgan fingerprint density at radius 2 is 1.60 bits per heavy atom. The summed E-state index contributed by atoms with van der Waals surface area (Å²) in [7, 11) is 0. The first-order valence-electron chi connectivity index (χ1n) is 7.74. The summed E-state index contributed by atoms with van der Waals surface area (Å²) in [6.07, 6.45) is 7.93. The SMILES string of the molecule is Nc1cccc(Cc2ccc(C3CCCCC3)cc2)c1. The van der Waals surface area contributed by atoms with E-state index >= 15 is 0 Å². The highest BCUT2D eigenvalue weighted by Crippen LogP contribution is 2.32. The number of anilines is 1. The van der Waals surface area contributed by atoms with E-state index in [0.717, 1.165) is 18.0 Å². The van der Waals surface area contributed by atoms with Crippen LogP contribution < -0.4 is 5.73 Å². The van der Waals surface area contributed by atoms with Crippen LogP contribution in [0.3, 0.4) is 0 Å². The molecule has 2 aromatic carbocycles. The average molecular weight is 265 g/mol. The molecule has 1 aliphatic carbocycles. The molecule has 0 aliphatic heterocycles. The van der Waals surface area contributed by atoms with Crippen molar-refractivity contribution in [2.24, 2.45) is 0 Å². The fourth-order valence-electron chi connectivity index (χ4n) is 3.28. The van der Waals surface area contributed by atoms with Gasteiger partial charge in [-0.05, 0) is 54.0 Å². The Hall–Kier alpha value is -1.76. The predicted octanol–water partition coefficient (Wildman–Crippen LogP) is 4.91. The first-order chi connectivity index (χ1) is 9.81. The van der Waals surface area contributed by atoms with Crippen LogP contribution in [-0.4, -0.2) is 0 Å². The van der Waals surface area contributed by atoms with Crippen LogP contribution in [0.5, 0.6) is 0 Å². The summed E-state index contributed by atoms with van der Waals surface area (Å²) in [5.74, 6) is 0.796. The molecule has 0 amide bonds. The van der Waals surface area contributed by atoms with E-state index in [-0.39, 0.29) is 0 Å². The minimum absolute atomic E-state index is 0.796. The van der Waals surface area contributed by atoms with E-state index in [2.05, 4.69) is 36.4 Å². The Bertz CT molecular complexity index is 550. The second-order valence-corrected chi connectivity index (χ2v) is 6.00. The molecule has 1 aliphatic rings. The molecule has 0 aromatic heterocycles. The molecule has 0 bridgehead atoms. The van der Waals surface area contributed by atoms with Gasteiger partial charge in [0.15, 0.2) is 0 Å². The van der Waals surface area contributed by atoms with E-state index in [4.69, 9.17) is 5.73 Å². The molecule has 1 heteroatoms. The Morgan fingerprint density at radius 3 is 2.30 bits per heavy atom. The number of hydrogen-bond acceptors (Lipinski definition) is 1. The van der Waals surface area contributed by atoms with Crippen LogP contribution in [0.2, 0.25) is 0 Å². The molecule has 0 unspecified atom stereocenters. The molecule has 104 valence electrons. The number of hydrogen-bond donors (Lipinski definition) is 1. The van der Waals surface area contributed by atoms with Crippen LogP contribution in [0.25, 0.3) is 0 Å². The van der Waals surface area contributed by atoms with Crippen LogP contribution in [0.15, 0.2) is 48.5 Å². The van der Waals surface area contributed by atoms with Gasteiger partial charge < -0.3 is 5.73 Å². The van der Waals surface area contributed by atoms with Crippen LogP contribution in [0.4, 0.5) is 5.69 Å². The molecule has 0 radical (unpaired) electrons. The van der Waals surface area contributed by atoms with Gasteiger partial charge in [-0.1, -0.05) is 55.7 Å². The normalized spacial score (nSPS) is 16.2. The third-order valence-corrected chi connectivity index (χ3v) is 4.42. The lowest BCUT2D eigenvalue weighted by Gasteiger charge is -2.22. The molecule has 0 spiro atoms. The molecule has 3 rings (SSSR count). The van der Waals surface area contributed by atoms with E-state index < -0.39 is 0 Å². The second kappa shape index (κ2) is 6.13. The van der Waals surface area contributed by atoms with Gasteiger partial charge in [0.2, 0.25) is 0 Å². The molecule has 1 saturated carbocycles. The lowest BCUT2D eigenvalue weighted by atomic mass is 9.84. The standard InChI is InChI=1S/C19H23N/c20-19-8-4-5-16(14-19)13-15-9-11-18(12-10-15)17-6-2-1-3-7-17/h4-5,8-12,14,17H,1-3,6-7,13,20H2. The summed E-state index contributed by atoms with van der Waals surface area (Å²) in [5.41, 5.74) is 10.9. The van der Waals surface area contributed by atoms with E-state index in [9.17, 15) is 0 Å². The van der Waals surface area contributed by atoms with Gasteiger partial charge in [0.05, 0.1) is 0 Å². The maximum absolute atomic E-state index is 5.83. The van der Waals surface area contributed by atoms with Crippen molar-refractivity contribution in [3.05, 3.63) is 65.2 Å². The average Bonchev–Trinajstić information content (AvgIpc) is 2.49. The first-order valence-corrected chi connectivity index (χ1v) is 7.74. The van der Waals surface area contributed by atoms with Gasteiger partial charge in [-0.15, -0.1) is 0 Å². The van der Waals surface area contributed by atoms with Gasteiger partial charge in [0.25, 0.3) is 0 Å². The smallest absolute Gasteiger partial charge is 0.0316 e. The van der Waals surface area contributed by atoms with Crippen LogP contribution in [0, 0.1) is 0 Å². The minimum Gasteiger partial charge on any atom is -0.399 e. The Labute approximate surface area is 121 Å². The molecule has 20 heavy (non-hydrogen) atoms. The summed E-state index contributed by atoms with van der Waals surface area (Å²) >= 11 is 0. The van der Waals surface area contributed by atoms with Crippen LogP contribution in [-0.2, 0) is 6.42 Å². The van der Waals surface area contributed by atoms with E-state index in [1.165, 1.54) is 48.8 Å². The zero-order valence-electron chi connectivity index (χ0n) is 12.0. The van der Waals surface area contributed by atoms with Crippen molar-refractivity contribution in [3.8, 4) is 0 Å². The van der Waals surface area contributed by atoms with E-state index in [0.29, 0.717) is 0 Å². The predicted molar refractivity (Wildman–Crippen MR) is 85.9 cm³/mol. The van der Waals surface area contributed by atoms with Crippen molar-refractivity contribution in [1.82, 2.24) is 0 Å². The van der Waals surface area contributed by atoms with Crippen molar-refractivity contribution in [2.45, 2.75) is 44.4 Å². The van der Waals surface area contributed by atoms with Gasteiger partial charge in [0, 0.05) is 5.69 Å². The Morgan fingerprint density at radius 1 is 0.850 bits per heavy atom. The van der Waals surface area contributed by atoms with Crippen molar-refractivity contribution in [3.63, 3.8) is 0 Å². The lowest BCUT2D eigenvalue weighted by Crippen LogP contribution is -2.04. The van der Waals surface area contributed by atoms with Crippen LogP contribution >= 0.6 is 0 Å². The highest BCUT2D eigenvalue weighted by atomic mass is 14.5. The minimum atomic E-state index is 0.796. The van der Waals surface area contributed by atoms with Gasteiger partial charge in [-0.2, -0.15) is 0 Å². The van der Waals surface area contributed by atoms with Crippen LogP contribution in [0.1, 0.15) is 54.7 Å². The van der Waals surface area contributed by atoms with Gasteiger partial charge in [0.1, 0.15) is 0 Å². The lowest BCUT2D eigenvalue weighted by molar-refractivity contribution is 0.443. The van der Waals surface area contributed by atoms with Crippen molar-refractivity contribution < 1.29 is 0 Å². The second-order valence-electron chi connectivity index (χ2n) is 6.00. The molecular formula is C19H23N. The first kappa shape index (κ1) is 13.2. The fraction of sp³-hybridized carbons (Fsp3) is 0.368. The number of nitrogen functional groups attached to an aromatic ring is 1. The summed E-state index contributed by atoms with van der Waals surface area (Å²) in [6, 6.07) is 17.4. The Kier molecular flexibility index (Phi) is 4.05.